The van der Waals surface area contributed by atoms with E-state index in [1.54, 1.807) is 0 Å². The molecule has 0 unspecified atom stereocenters. The molecule has 0 saturated carbocycles. The smallest absolute Gasteiger partial charge is 0.407 e. The second-order valence-corrected chi connectivity index (χ2v) is 13.6. The van der Waals surface area contributed by atoms with Gasteiger partial charge in [0, 0.05) is 25.7 Å². The highest BCUT2D eigenvalue weighted by molar-refractivity contribution is 5.79. The number of carbonyl (C=O) groups excluding carboxylic acids is 1. The molecule has 1 amide bonds. The fourth-order valence-corrected chi connectivity index (χ4v) is 6.21. The molecule has 0 spiro atoms. The van der Waals surface area contributed by atoms with Crippen molar-refractivity contribution in [2.24, 2.45) is 0 Å². The Morgan fingerprint density at radius 1 is 0.446 bits per heavy atom. The van der Waals surface area contributed by atoms with Crippen LogP contribution >= 0.6 is 0 Å². The van der Waals surface area contributed by atoms with E-state index in [0.717, 1.165) is 13.0 Å². The predicted octanol–water partition coefficient (Wildman–Crippen LogP) is 7.21. The summed E-state index contributed by atoms with van der Waals surface area (Å²) < 4.78 is 55.5. The number of nitrogens with one attached hydrogen (secondary N) is 1. The maximum atomic E-state index is 12.3. The fourth-order valence-electron chi connectivity index (χ4n) is 6.21. The first-order valence-electron chi connectivity index (χ1n) is 21.1. The highest BCUT2D eigenvalue weighted by Crippen LogP contribution is 2.44. The molecule has 0 fully saturated rings. The minimum atomic E-state index is -0.411. The van der Waals surface area contributed by atoms with Gasteiger partial charge in [0.25, 0.3) is 0 Å². The van der Waals surface area contributed by atoms with Crippen LogP contribution in [0.4, 0.5) is 4.79 Å². The fraction of sp³-hybridized carbons (Fsp3) is 0.705. The number of alkyl carbamates (subject to hydrolysis) is 1. The van der Waals surface area contributed by atoms with E-state index in [1.165, 1.54) is 67.2 Å². The van der Waals surface area contributed by atoms with Crippen molar-refractivity contribution in [2.45, 2.75) is 70.6 Å². The standard InChI is InChI=1S/C44H71NO11/c1-2-3-4-5-6-7-8-13-20-47-22-24-49-26-28-51-30-32-53-34-36-55-37-35-54-33-31-52-29-27-50-25-23-48-21-14-19-45-44(46)56-38-43-41-17-11-9-15-39(41)40-16-10-12-18-42(40)43/h9-12,15-18,43H,2-8,13-14,19-38H2,1H3,(H,45,46). The number of rotatable bonds is 39. The Morgan fingerprint density at radius 3 is 1.20 bits per heavy atom. The summed E-state index contributed by atoms with van der Waals surface area (Å²) in [5.41, 5.74) is 4.82. The number of hydrogen-bond acceptors (Lipinski definition) is 11. The topological polar surface area (TPSA) is 121 Å². The van der Waals surface area contributed by atoms with E-state index in [9.17, 15) is 4.79 Å². The lowest BCUT2D eigenvalue weighted by Crippen LogP contribution is -2.27. The number of benzene rings is 2. The first-order valence-corrected chi connectivity index (χ1v) is 21.1. The summed E-state index contributed by atoms with van der Waals surface area (Å²) in [6.07, 6.45) is 10.8. The van der Waals surface area contributed by atoms with Crippen LogP contribution in [0.2, 0.25) is 0 Å². The molecule has 2 aromatic rings. The Labute approximate surface area is 336 Å². The van der Waals surface area contributed by atoms with Gasteiger partial charge in [-0.15, -0.1) is 0 Å². The summed E-state index contributed by atoms with van der Waals surface area (Å²) in [4.78, 5) is 12.3. The molecule has 56 heavy (non-hydrogen) atoms. The molecular formula is C44H71NO11. The van der Waals surface area contributed by atoms with Gasteiger partial charge in [-0.25, -0.2) is 4.79 Å². The van der Waals surface area contributed by atoms with Crippen LogP contribution in [0.15, 0.2) is 48.5 Å². The Kier molecular flexibility index (Phi) is 29.3. The minimum Gasteiger partial charge on any atom is -0.449 e. The van der Waals surface area contributed by atoms with E-state index in [-0.39, 0.29) is 5.92 Å². The second-order valence-electron chi connectivity index (χ2n) is 13.6. The molecular weight excluding hydrogens is 718 g/mol. The van der Waals surface area contributed by atoms with Gasteiger partial charge < -0.3 is 52.7 Å². The Morgan fingerprint density at radius 2 is 0.786 bits per heavy atom. The summed E-state index contributed by atoms with van der Waals surface area (Å²) >= 11 is 0. The van der Waals surface area contributed by atoms with Gasteiger partial charge in [0.05, 0.1) is 106 Å². The van der Waals surface area contributed by atoms with Gasteiger partial charge in [-0.3, -0.25) is 0 Å². The van der Waals surface area contributed by atoms with E-state index in [0.29, 0.717) is 132 Å². The lowest BCUT2D eigenvalue weighted by molar-refractivity contribution is -0.0250. The maximum Gasteiger partial charge on any atom is 0.407 e. The van der Waals surface area contributed by atoms with Crippen molar-refractivity contribution in [1.29, 1.82) is 0 Å². The zero-order chi connectivity index (χ0) is 39.4. The van der Waals surface area contributed by atoms with Gasteiger partial charge in [-0.2, -0.15) is 0 Å². The zero-order valence-electron chi connectivity index (χ0n) is 34.2. The number of amides is 1. The largest absolute Gasteiger partial charge is 0.449 e. The number of ether oxygens (including phenoxy) is 10. The molecule has 1 N–H and O–H groups in total. The Balaban J connectivity index is 0.936. The third kappa shape index (κ3) is 22.9. The van der Waals surface area contributed by atoms with Gasteiger partial charge in [0.15, 0.2) is 0 Å². The zero-order valence-corrected chi connectivity index (χ0v) is 34.2. The molecule has 0 heterocycles. The number of hydrogen-bond donors (Lipinski definition) is 1. The van der Waals surface area contributed by atoms with Gasteiger partial charge in [-0.05, 0) is 35.1 Å². The normalized spacial score (nSPS) is 12.2. The predicted molar refractivity (Wildman–Crippen MR) is 218 cm³/mol. The van der Waals surface area contributed by atoms with Crippen molar-refractivity contribution in [2.75, 3.05) is 132 Å². The van der Waals surface area contributed by atoms with Crippen LogP contribution in [0.1, 0.15) is 81.8 Å². The highest BCUT2D eigenvalue weighted by atomic mass is 16.6. The van der Waals surface area contributed by atoms with E-state index >= 15 is 0 Å². The van der Waals surface area contributed by atoms with Crippen molar-refractivity contribution in [3.63, 3.8) is 0 Å². The highest BCUT2D eigenvalue weighted by Gasteiger charge is 2.28. The van der Waals surface area contributed by atoms with E-state index < -0.39 is 6.09 Å². The van der Waals surface area contributed by atoms with Crippen molar-refractivity contribution in [1.82, 2.24) is 5.32 Å². The van der Waals surface area contributed by atoms with Gasteiger partial charge in [0.1, 0.15) is 6.61 Å². The van der Waals surface area contributed by atoms with Crippen molar-refractivity contribution in [3.8, 4) is 11.1 Å². The molecule has 1 aliphatic carbocycles. The third-order valence-corrected chi connectivity index (χ3v) is 9.20. The second kappa shape index (κ2) is 34.4. The van der Waals surface area contributed by atoms with E-state index in [1.807, 2.05) is 24.3 Å². The summed E-state index contributed by atoms with van der Waals surface area (Å²) in [7, 11) is 0. The van der Waals surface area contributed by atoms with Crippen molar-refractivity contribution < 1.29 is 52.2 Å². The van der Waals surface area contributed by atoms with Crippen LogP contribution in [0.25, 0.3) is 11.1 Å². The van der Waals surface area contributed by atoms with Crippen molar-refractivity contribution >= 4 is 6.09 Å². The van der Waals surface area contributed by atoms with Crippen LogP contribution in [-0.4, -0.2) is 138 Å². The molecule has 12 nitrogen and oxygen atoms in total. The van der Waals surface area contributed by atoms with Crippen LogP contribution in [0.3, 0.4) is 0 Å². The molecule has 1 aliphatic rings. The molecule has 0 saturated heterocycles. The summed E-state index contributed by atoms with van der Waals surface area (Å²) in [5, 5.41) is 2.81. The number of unbranched alkanes of at least 4 members (excludes halogenated alkanes) is 7. The Hall–Kier alpha value is -2.65. The maximum absolute atomic E-state index is 12.3. The summed E-state index contributed by atoms with van der Waals surface area (Å²) in [6, 6.07) is 16.6. The average Bonchev–Trinajstić information content (AvgIpc) is 3.54. The molecule has 0 aromatic heterocycles. The van der Waals surface area contributed by atoms with Crippen LogP contribution in [0.5, 0.6) is 0 Å². The molecule has 318 valence electrons. The lowest BCUT2D eigenvalue weighted by atomic mass is 9.98. The quantitative estimate of drug-likeness (QED) is 0.0693. The number of fused-ring (bicyclic) bond motifs is 3. The SMILES string of the molecule is CCCCCCCCCCOCCOCCOCCOCCOCCOCCOCCOCCOCCCNC(=O)OCC1c2ccccc2-c2ccccc21. The van der Waals surface area contributed by atoms with Crippen molar-refractivity contribution in [3.05, 3.63) is 59.7 Å². The van der Waals surface area contributed by atoms with Crippen LogP contribution in [-0.2, 0) is 47.4 Å². The third-order valence-electron chi connectivity index (χ3n) is 9.20. The molecule has 0 aliphatic heterocycles. The first-order chi connectivity index (χ1) is 27.8. The van der Waals surface area contributed by atoms with Gasteiger partial charge >= 0.3 is 6.09 Å². The number of carbonyl (C=O) groups is 1. The molecule has 0 bridgehead atoms. The summed E-state index contributed by atoms with van der Waals surface area (Å²) in [5.74, 6) is 0.0528. The molecule has 0 radical (unpaired) electrons. The van der Waals surface area contributed by atoms with Gasteiger partial charge in [0.2, 0.25) is 0 Å². The van der Waals surface area contributed by atoms with Crippen LogP contribution in [0, 0.1) is 0 Å². The minimum absolute atomic E-state index is 0.0528. The van der Waals surface area contributed by atoms with Crippen LogP contribution < -0.4 is 5.32 Å². The molecule has 12 heteroatoms. The lowest BCUT2D eigenvalue weighted by Gasteiger charge is -2.14. The Bertz CT molecular complexity index is 1170. The van der Waals surface area contributed by atoms with E-state index in [4.69, 9.17) is 47.4 Å². The molecule has 3 rings (SSSR count). The van der Waals surface area contributed by atoms with E-state index in [2.05, 4.69) is 36.5 Å². The molecule has 2 aromatic carbocycles. The molecule has 0 atom stereocenters. The first kappa shape index (κ1) is 47.7. The summed E-state index contributed by atoms with van der Waals surface area (Å²) in [6.45, 7) is 12.8. The van der Waals surface area contributed by atoms with Gasteiger partial charge in [-0.1, -0.05) is 100 Å². The monoisotopic (exact) mass is 790 g/mol. The average molecular weight is 790 g/mol.